The largest absolute Gasteiger partial charge is 0.319 e. The van der Waals surface area contributed by atoms with E-state index in [0.29, 0.717) is 16.3 Å². The number of hydrogen-bond acceptors (Lipinski definition) is 5. The number of benzene rings is 1. The first-order chi connectivity index (χ1) is 11.0. The van der Waals surface area contributed by atoms with E-state index < -0.39 is 10.0 Å². The molecule has 2 heterocycles. The number of thiazole rings is 1. The van der Waals surface area contributed by atoms with Crippen LogP contribution in [0.3, 0.4) is 0 Å². The lowest BCUT2D eigenvalue weighted by Gasteiger charge is -2.05. The summed E-state index contributed by atoms with van der Waals surface area (Å²) in [4.78, 5) is 15.8. The van der Waals surface area contributed by atoms with Gasteiger partial charge in [-0.25, -0.2) is 13.4 Å². The minimum atomic E-state index is -3.53. The van der Waals surface area contributed by atoms with Crippen LogP contribution in [0.2, 0.25) is 0 Å². The Kier molecular flexibility index (Phi) is 4.26. The zero-order valence-electron chi connectivity index (χ0n) is 11.9. The van der Waals surface area contributed by atoms with Crippen LogP contribution in [0.25, 0.3) is 0 Å². The standard InChI is InChI=1S/C15H13N3O3S2/c19-14(15-16-7-9-22-15)17-13-6-8-18(10-13)23(20,21)11-12-4-2-1-3-5-12/h1-10H,11H2,(H,17,19). The molecular formula is C15H13N3O3S2. The number of amides is 1. The highest BCUT2D eigenvalue weighted by Gasteiger charge is 2.16. The molecule has 3 aromatic rings. The number of carbonyl (C=O) groups excluding carboxylic acids is 1. The third-order valence-electron chi connectivity index (χ3n) is 3.06. The lowest BCUT2D eigenvalue weighted by atomic mass is 10.2. The Bertz CT molecular complexity index is 901. The average Bonchev–Trinajstić information content (AvgIpc) is 3.19. The molecule has 2 aromatic heterocycles. The van der Waals surface area contributed by atoms with E-state index in [9.17, 15) is 13.2 Å². The first-order valence-electron chi connectivity index (χ1n) is 6.70. The quantitative estimate of drug-likeness (QED) is 0.769. The highest BCUT2D eigenvalue weighted by molar-refractivity contribution is 7.89. The molecule has 0 aliphatic rings. The molecule has 0 saturated heterocycles. The lowest BCUT2D eigenvalue weighted by Crippen LogP contribution is -2.14. The summed E-state index contributed by atoms with van der Waals surface area (Å²) in [5, 5.41) is 4.65. The van der Waals surface area contributed by atoms with Crippen LogP contribution in [0.5, 0.6) is 0 Å². The molecule has 6 nitrogen and oxygen atoms in total. The number of hydrogen-bond donors (Lipinski definition) is 1. The van der Waals surface area contributed by atoms with Crippen molar-refractivity contribution >= 4 is 33.0 Å². The van der Waals surface area contributed by atoms with E-state index in [-0.39, 0.29) is 11.7 Å². The van der Waals surface area contributed by atoms with E-state index in [0.717, 1.165) is 3.97 Å². The van der Waals surface area contributed by atoms with Crippen molar-refractivity contribution in [3.8, 4) is 0 Å². The van der Waals surface area contributed by atoms with E-state index >= 15 is 0 Å². The molecule has 1 amide bonds. The summed E-state index contributed by atoms with van der Waals surface area (Å²) >= 11 is 1.22. The van der Waals surface area contributed by atoms with Gasteiger partial charge in [-0.15, -0.1) is 11.3 Å². The summed E-state index contributed by atoms with van der Waals surface area (Å²) in [5.74, 6) is -0.472. The zero-order chi connectivity index (χ0) is 16.3. The van der Waals surface area contributed by atoms with Crippen molar-refractivity contribution in [2.24, 2.45) is 0 Å². The van der Waals surface area contributed by atoms with Crippen molar-refractivity contribution in [2.45, 2.75) is 5.75 Å². The number of nitrogens with one attached hydrogen (secondary N) is 1. The van der Waals surface area contributed by atoms with E-state index in [4.69, 9.17) is 0 Å². The highest BCUT2D eigenvalue weighted by atomic mass is 32.2. The van der Waals surface area contributed by atoms with Gasteiger partial charge >= 0.3 is 0 Å². The first kappa shape index (κ1) is 15.4. The van der Waals surface area contributed by atoms with Crippen molar-refractivity contribution in [2.75, 3.05) is 5.32 Å². The molecule has 0 radical (unpaired) electrons. The van der Waals surface area contributed by atoms with Crippen LogP contribution in [0.15, 0.2) is 60.4 Å². The van der Waals surface area contributed by atoms with Gasteiger partial charge in [0.05, 0.1) is 11.4 Å². The smallest absolute Gasteiger partial charge is 0.284 e. The van der Waals surface area contributed by atoms with Crippen LogP contribution in [-0.2, 0) is 15.8 Å². The fourth-order valence-corrected chi connectivity index (χ4v) is 3.82. The van der Waals surface area contributed by atoms with Gasteiger partial charge in [-0.1, -0.05) is 30.3 Å². The average molecular weight is 347 g/mol. The Morgan fingerprint density at radius 1 is 1.22 bits per heavy atom. The Balaban J connectivity index is 1.74. The van der Waals surface area contributed by atoms with Crippen molar-refractivity contribution < 1.29 is 13.2 Å². The summed E-state index contributed by atoms with van der Waals surface area (Å²) in [7, 11) is -3.53. The Labute approximate surface area is 137 Å². The van der Waals surface area contributed by atoms with Gasteiger partial charge < -0.3 is 5.32 Å². The van der Waals surface area contributed by atoms with Crippen molar-refractivity contribution in [3.63, 3.8) is 0 Å². The van der Waals surface area contributed by atoms with Gasteiger partial charge in [0.25, 0.3) is 5.91 Å². The van der Waals surface area contributed by atoms with Crippen molar-refractivity contribution in [3.05, 3.63) is 70.9 Å². The van der Waals surface area contributed by atoms with Gasteiger partial charge in [0, 0.05) is 24.0 Å². The van der Waals surface area contributed by atoms with Crippen LogP contribution < -0.4 is 5.32 Å². The second-order valence-electron chi connectivity index (χ2n) is 4.76. The first-order valence-corrected chi connectivity index (χ1v) is 9.19. The molecule has 1 aromatic carbocycles. The molecule has 0 saturated carbocycles. The highest BCUT2D eigenvalue weighted by Crippen LogP contribution is 2.15. The summed E-state index contributed by atoms with van der Waals surface area (Å²) in [6.45, 7) is 0. The molecule has 0 unspecified atom stereocenters. The maximum atomic E-state index is 12.4. The number of nitrogens with zero attached hydrogens (tertiary/aromatic N) is 2. The second kappa shape index (κ2) is 6.35. The fourth-order valence-electron chi connectivity index (χ4n) is 2.00. The molecule has 8 heteroatoms. The molecule has 118 valence electrons. The van der Waals surface area contributed by atoms with E-state index in [1.807, 2.05) is 6.07 Å². The Hall–Kier alpha value is -2.45. The fraction of sp³-hybridized carbons (Fsp3) is 0.0667. The SMILES string of the molecule is O=C(Nc1ccn(S(=O)(=O)Cc2ccccc2)c1)c1nccs1. The minimum Gasteiger partial charge on any atom is -0.319 e. The van der Waals surface area contributed by atoms with Gasteiger partial charge in [-0.2, -0.15) is 0 Å². The van der Waals surface area contributed by atoms with Gasteiger partial charge in [0.1, 0.15) is 0 Å². The van der Waals surface area contributed by atoms with Gasteiger partial charge in [0.2, 0.25) is 10.0 Å². The van der Waals surface area contributed by atoms with Gasteiger partial charge in [0.15, 0.2) is 5.01 Å². The molecule has 3 rings (SSSR count). The number of anilines is 1. The van der Waals surface area contributed by atoms with Crippen LogP contribution in [-0.4, -0.2) is 23.3 Å². The van der Waals surface area contributed by atoms with Gasteiger partial charge in [-0.05, 0) is 11.6 Å². The Morgan fingerprint density at radius 2 is 2.00 bits per heavy atom. The summed E-state index contributed by atoms with van der Waals surface area (Å²) in [6, 6.07) is 10.5. The predicted octanol–water partition coefficient (Wildman–Crippen LogP) is 2.58. The molecule has 0 fully saturated rings. The molecule has 1 N–H and O–H groups in total. The monoisotopic (exact) mass is 347 g/mol. The molecule has 0 spiro atoms. The lowest BCUT2D eigenvalue weighted by molar-refractivity contribution is 0.102. The van der Waals surface area contributed by atoms with Crippen molar-refractivity contribution in [1.82, 2.24) is 8.96 Å². The number of aromatic nitrogens is 2. The normalized spacial score (nSPS) is 11.3. The maximum Gasteiger partial charge on any atom is 0.284 e. The molecule has 23 heavy (non-hydrogen) atoms. The molecule has 0 aliphatic heterocycles. The van der Waals surface area contributed by atoms with E-state index in [2.05, 4.69) is 10.3 Å². The minimum absolute atomic E-state index is 0.109. The molecule has 0 aliphatic carbocycles. The number of rotatable bonds is 5. The van der Waals surface area contributed by atoms with E-state index in [1.54, 1.807) is 29.6 Å². The molecular weight excluding hydrogens is 334 g/mol. The topological polar surface area (TPSA) is 81.1 Å². The van der Waals surface area contributed by atoms with Crippen LogP contribution >= 0.6 is 11.3 Å². The summed E-state index contributed by atoms with van der Waals surface area (Å²) < 4.78 is 25.8. The molecule has 0 atom stereocenters. The summed E-state index contributed by atoms with van der Waals surface area (Å²) in [6.07, 6.45) is 4.33. The summed E-state index contributed by atoms with van der Waals surface area (Å²) in [5.41, 5.74) is 1.11. The molecule has 0 bridgehead atoms. The van der Waals surface area contributed by atoms with Crippen LogP contribution in [0.1, 0.15) is 15.4 Å². The van der Waals surface area contributed by atoms with Gasteiger partial charge in [-0.3, -0.25) is 8.77 Å². The predicted molar refractivity (Wildman–Crippen MR) is 89.0 cm³/mol. The Morgan fingerprint density at radius 3 is 2.70 bits per heavy atom. The zero-order valence-corrected chi connectivity index (χ0v) is 13.5. The third kappa shape index (κ3) is 3.66. The van der Waals surface area contributed by atoms with Crippen LogP contribution in [0, 0.1) is 0 Å². The van der Waals surface area contributed by atoms with Crippen molar-refractivity contribution in [1.29, 1.82) is 0 Å². The third-order valence-corrected chi connectivity index (χ3v) is 5.40. The number of carbonyl (C=O) groups is 1. The van der Waals surface area contributed by atoms with Crippen LogP contribution in [0.4, 0.5) is 5.69 Å². The van der Waals surface area contributed by atoms with E-state index in [1.165, 1.54) is 36.0 Å². The maximum absolute atomic E-state index is 12.4. The second-order valence-corrected chi connectivity index (χ2v) is 7.53.